The van der Waals surface area contributed by atoms with E-state index in [1.54, 1.807) is 11.3 Å². The number of thiazole rings is 1. The van der Waals surface area contributed by atoms with Crippen molar-refractivity contribution in [2.24, 2.45) is 0 Å². The summed E-state index contributed by atoms with van der Waals surface area (Å²) in [6.07, 6.45) is 2.00. The number of nitrogens with one attached hydrogen (secondary N) is 1. The highest BCUT2D eigenvalue weighted by atomic mass is 32.1. The zero-order valence-corrected chi connectivity index (χ0v) is 16.6. The van der Waals surface area contributed by atoms with Crippen LogP contribution in [0.15, 0.2) is 35.7 Å². The van der Waals surface area contributed by atoms with E-state index in [0.717, 1.165) is 62.9 Å². The van der Waals surface area contributed by atoms with Crippen molar-refractivity contribution in [3.8, 4) is 0 Å². The molecule has 6 nitrogen and oxygen atoms in total. The molecule has 1 aromatic heterocycles. The molecular weight excluding hydrogens is 358 g/mol. The van der Waals surface area contributed by atoms with Crippen LogP contribution in [0.3, 0.4) is 0 Å². The first-order valence-corrected chi connectivity index (χ1v) is 10.6. The Morgan fingerprint density at radius 1 is 1.04 bits per heavy atom. The third kappa shape index (κ3) is 4.35. The molecule has 4 rings (SSSR count). The second kappa shape index (κ2) is 8.17. The van der Waals surface area contributed by atoms with Crippen molar-refractivity contribution >= 4 is 28.2 Å². The largest absolute Gasteiger partial charge is 0.371 e. The molecule has 0 aliphatic carbocycles. The summed E-state index contributed by atoms with van der Waals surface area (Å²) in [6, 6.07) is 10.9. The minimum Gasteiger partial charge on any atom is -0.371 e. The average molecular weight is 386 g/mol. The number of piperidine rings is 1. The lowest BCUT2D eigenvalue weighted by Gasteiger charge is -2.37. The van der Waals surface area contributed by atoms with Gasteiger partial charge in [0.2, 0.25) is 0 Å². The highest BCUT2D eigenvalue weighted by Gasteiger charge is 2.26. The fraction of sp³-hybridized carbons (Fsp3) is 0.500. The molecule has 3 heterocycles. The van der Waals surface area contributed by atoms with Crippen molar-refractivity contribution in [2.45, 2.75) is 25.8 Å². The van der Waals surface area contributed by atoms with Gasteiger partial charge in [-0.15, -0.1) is 11.3 Å². The molecular formula is C20H27N5OS. The number of piperazine rings is 1. The van der Waals surface area contributed by atoms with Gasteiger partial charge >= 0.3 is 6.03 Å². The van der Waals surface area contributed by atoms with Gasteiger partial charge in [-0.1, -0.05) is 18.2 Å². The molecule has 2 aliphatic rings. The van der Waals surface area contributed by atoms with Crippen LogP contribution in [0, 0.1) is 6.92 Å². The van der Waals surface area contributed by atoms with Gasteiger partial charge in [0, 0.05) is 56.4 Å². The quantitative estimate of drug-likeness (QED) is 0.883. The number of benzene rings is 1. The van der Waals surface area contributed by atoms with Crippen molar-refractivity contribution in [1.82, 2.24) is 15.2 Å². The number of amides is 2. The van der Waals surface area contributed by atoms with E-state index >= 15 is 0 Å². The standard InChI is InChI=1S/C20H27N5OS/c1-16-15-27-20(21-16)25-13-11-24(12-14-25)19(26)22-17-7-9-23(10-8-17)18-5-3-2-4-6-18/h2-6,15,17H,7-14H2,1H3,(H,22,26). The van der Waals surface area contributed by atoms with Crippen LogP contribution in [-0.4, -0.2) is 61.2 Å². The summed E-state index contributed by atoms with van der Waals surface area (Å²) >= 11 is 1.68. The van der Waals surface area contributed by atoms with Gasteiger partial charge in [0.15, 0.2) is 5.13 Å². The number of nitrogens with zero attached hydrogens (tertiary/aromatic N) is 4. The summed E-state index contributed by atoms with van der Waals surface area (Å²) in [5, 5.41) is 6.40. The fourth-order valence-corrected chi connectivity index (χ4v) is 4.63. The Kier molecular flexibility index (Phi) is 5.48. The van der Waals surface area contributed by atoms with Crippen LogP contribution >= 0.6 is 11.3 Å². The van der Waals surface area contributed by atoms with Gasteiger partial charge < -0.3 is 20.0 Å². The van der Waals surface area contributed by atoms with Crippen molar-refractivity contribution in [3.63, 3.8) is 0 Å². The Morgan fingerprint density at radius 3 is 2.37 bits per heavy atom. The summed E-state index contributed by atoms with van der Waals surface area (Å²) in [5.41, 5.74) is 2.34. The molecule has 2 aromatic rings. The van der Waals surface area contributed by atoms with Gasteiger partial charge in [0.05, 0.1) is 5.69 Å². The van der Waals surface area contributed by atoms with Gasteiger partial charge in [-0.2, -0.15) is 0 Å². The highest BCUT2D eigenvalue weighted by Crippen LogP contribution is 2.22. The fourth-order valence-electron chi connectivity index (χ4n) is 3.77. The summed E-state index contributed by atoms with van der Waals surface area (Å²) in [7, 11) is 0. The predicted octanol–water partition coefficient (Wildman–Crippen LogP) is 2.95. The van der Waals surface area contributed by atoms with E-state index in [9.17, 15) is 4.79 Å². The topological polar surface area (TPSA) is 51.7 Å². The number of para-hydroxylation sites is 1. The zero-order valence-electron chi connectivity index (χ0n) is 15.8. The van der Waals surface area contributed by atoms with Crippen molar-refractivity contribution in [1.29, 1.82) is 0 Å². The third-order valence-electron chi connectivity index (χ3n) is 5.39. The molecule has 7 heteroatoms. The van der Waals surface area contributed by atoms with E-state index in [-0.39, 0.29) is 12.1 Å². The second-order valence-corrected chi connectivity index (χ2v) is 8.13. The van der Waals surface area contributed by atoms with Crippen LogP contribution in [0.4, 0.5) is 15.6 Å². The van der Waals surface area contributed by atoms with E-state index < -0.39 is 0 Å². The molecule has 2 amide bonds. The Labute approximate surface area is 164 Å². The van der Waals surface area contributed by atoms with Gasteiger partial charge in [0.25, 0.3) is 0 Å². The number of anilines is 2. The van der Waals surface area contributed by atoms with E-state index in [1.807, 2.05) is 17.9 Å². The maximum Gasteiger partial charge on any atom is 0.317 e. The van der Waals surface area contributed by atoms with Crippen molar-refractivity contribution < 1.29 is 4.79 Å². The normalized spacial score (nSPS) is 18.6. The first kappa shape index (κ1) is 18.1. The third-order valence-corrected chi connectivity index (χ3v) is 6.41. The molecule has 2 fully saturated rings. The molecule has 0 saturated carbocycles. The number of urea groups is 1. The molecule has 0 bridgehead atoms. The first-order valence-electron chi connectivity index (χ1n) is 9.71. The Hall–Kier alpha value is -2.28. The molecule has 0 spiro atoms. The highest BCUT2D eigenvalue weighted by molar-refractivity contribution is 7.13. The molecule has 2 saturated heterocycles. The van der Waals surface area contributed by atoms with Crippen LogP contribution < -0.4 is 15.1 Å². The van der Waals surface area contributed by atoms with Crippen molar-refractivity contribution in [2.75, 3.05) is 49.1 Å². The average Bonchev–Trinajstić information content (AvgIpc) is 3.16. The van der Waals surface area contributed by atoms with Gasteiger partial charge in [0.1, 0.15) is 0 Å². The lowest BCUT2D eigenvalue weighted by Crippen LogP contribution is -2.55. The van der Waals surface area contributed by atoms with E-state index in [1.165, 1.54) is 5.69 Å². The first-order chi connectivity index (χ1) is 13.2. The van der Waals surface area contributed by atoms with Crippen LogP contribution in [0.5, 0.6) is 0 Å². The minimum absolute atomic E-state index is 0.0862. The maximum absolute atomic E-state index is 12.6. The smallest absolute Gasteiger partial charge is 0.317 e. The Balaban J connectivity index is 1.22. The lowest BCUT2D eigenvalue weighted by atomic mass is 10.0. The number of aromatic nitrogens is 1. The Bertz CT molecular complexity index is 749. The molecule has 27 heavy (non-hydrogen) atoms. The number of carbonyl (C=O) groups excluding carboxylic acids is 1. The molecule has 2 aliphatic heterocycles. The molecule has 0 radical (unpaired) electrons. The van der Waals surface area contributed by atoms with Crippen molar-refractivity contribution in [3.05, 3.63) is 41.4 Å². The number of rotatable bonds is 3. The second-order valence-electron chi connectivity index (χ2n) is 7.29. The van der Waals surface area contributed by atoms with Crippen LogP contribution in [0.1, 0.15) is 18.5 Å². The van der Waals surface area contributed by atoms with Gasteiger partial charge in [-0.05, 0) is 31.9 Å². The minimum atomic E-state index is 0.0862. The molecule has 144 valence electrons. The molecule has 1 aromatic carbocycles. The number of carbonyl (C=O) groups is 1. The van der Waals surface area contributed by atoms with Crippen LogP contribution in [0.25, 0.3) is 0 Å². The van der Waals surface area contributed by atoms with E-state index in [2.05, 4.69) is 49.7 Å². The Morgan fingerprint density at radius 2 is 1.74 bits per heavy atom. The zero-order chi connectivity index (χ0) is 18.6. The predicted molar refractivity (Wildman–Crippen MR) is 111 cm³/mol. The maximum atomic E-state index is 12.6. The summed E-state index contributed by atoms with van der Waals surface area (Å²) in [5.74, 6) is 0. The number of hydrogen-bond acceptors (Lipinski definition) is 5. The molecule has 1 N–H and O–H groups in total. The summed E-state index contributed by atoms with van der Waals surface area (Å²) in [6.45, 7) is 7.23. The SMILES string of the molecule is Cc1csc(N2CCN(C(=O)NC3CCN(c4ccccc4)CC3)CC2)n1. The monoisotopic (exact) mass is 385 g/mol. The molecule has 0 unspecified atom stereocenters. The van der Waals surface area contributed by atoms with E-state index in [0.29, 0.717) is 0 Å². The number of hydrogen-bond donors (Lipinski definition) is 1. The number of aryl methyl sites for hydroxylation is 1. The van der Waals surface area contributed by atoms with E-state index in [4.69, 9.17) is 0 Å². The van der Waals surface area contributed by atoms with Gasteiger partial charge in [-0.25, -0.2) is 9.78 Å². The van der Waals surface area contributed by atoms with Crippen LogP contribution in [-0.2, 0) is 0 Å². The lowest BCUT2D eigenvalue weighted by molar-refractivity contribution is 0.188. The molecule has 0 atom stereocenters. The summed E-state index contributed by atoms with van der Waals surface area (Å²) in [4.78, 5) is 23.8. The van der Waals surface area contributed by atoms with Gasteiger partial charge in [-0.3, -0.25) is 0 Å². The van der Waals surface area contributed by atoms with Crippen LogP contribution in [0.2, 0.25) is 0 Å². The summed E-state index contributed by atoms with van der Waals surface area (Å²) < 4.78 is 0.